The van der Waals surface area contributed by atoms with E-state index < -0.39 is 0 Å². The fraction of sp³-hybridized carbons (Fsp3) is 0.500. The minimum Gasteiger partial charge on any atom is -0.358 e. The topological polar surface area (TPSA) is 15.8 Å². The summed E-state index contributed by atoms with van der Waals surface area (Å²) in [5.74, 6) is 0. The van der Waals surface area contributed by atoms with Crippen molar-refractivity contribution in [1.82, 2.24) is 4.98 Å². The van der Waals surface area contributed by atoms with Gasteiger partial charge in [-0.1, -0.05) is 53.7 Å². The molecule has 0 aliphatic heterocycles. The molecule has 0 saturated heterocycles. The highest BCUT2D eigenvalue weighted by Gasteiger charge is 2.21. The smallest absolute Gasteiger partial charge is 0.0459 e. The molecule has 2 aromatic rings. The zero-order chi connectivity index (χ0) is 12.8. The molecule has 0 aliphatic rings. The van der Waals surface area contributed by atoms with Crippen LogP contribution < -0.4 is 0 Å². The quantitative estimate of drug-likeness (QED) is 0.670. The molecule has 1 N–H and O–H groups in total. The number of hydrogen-bond donors (Lipinski definition) is 1. The summed E-state index contributed by atoms with van der Waals surface area (Å²) in [4.78, 5) is 3.55. The Bertz CT molecular complexity index is 533. The lowest BCUT2D eigenvalue weighted by molar-refractivity contribution is 0.574. The molecule has 0 saturated carbocycles. The van der Waals surface area contributed by atoms with Crippen molar-refractivity contribution in [3.63, 3.8) is 0 Å². The second-order valence-electron chi connectivity index (χ2n) is 6.95. The third-order valence-electron chi connectivity index (χ3n) is 3.28. The molecule has 1 aromatic carbocycles. The summed E-state index contributed by atoms with van der Waals surface area (Å²) in [7, 11) is 0. The van der Waals surface area contributed by atoms with E-state index in [1.54, 1.807) is 0 Å². The highest BCUT2D eigenvalue weighted by atomic mass is 14.7. The summed E-state index contributed by atoms with van der Waals surface area (Å²) in [5, 5.41) is 1.37. The van der Waals surface area contributed by atoms with Crippen molar-refractivity contribution in [2.45, 2.75) is 52.4 Å². The summed E-state index contributed by atoms with van der Waals surface area (Å²) >= 11 is 0. The summed E-state index contributed by atoms with van der Waals surface area (Å²) in [6.07, 6.45) is 0. The molecular formula is C16H23N. The second-order valence-corrected chi connectivity index (χ2v) is 6.95. The second kappa shape index (κ2) is 3.63. The Morgan fingerprint density at radius 3 is 2.06 bits per heavy atom. The van der Waals surface area contributed by atoms with Gasteiger partial charge in [-0.3, -0.25) is 0 Å². The van der Waals surface area contributed by atoms with Gasteiger partial charge >= 0.3 is 0 Å². The Hall–Kier alpha value is -1.24. The lowest BCUT2D eigenvalue weighted by atomic mass is 9.84. The van der Waals surface area contributed by atoms with Gasteiger partial charge in [0.2, 0.25) is 0 Å². The largest absolute Gasteiger partial charge is 0.358 e. The minimum absolute atomic E-state index is 0.175. The fourth-order valence-electron chi connectivity index (χ4n) is 2.21. The number of fused-ring (bicyclic) bond motifs is 1. The summed E-state index contributed by atoms with van der Waals surface area (Å²) in [5.41, 5.74) is 4.35. The van der Waals surface area contributed by atoms with Crippen molar-refractivity contribution in [1.29, 1.82) is 0 Å². The normalized spacial score (nSPS) is 13.3. The molecule has 0 spiro atoms. The minimum atomic E-state index is 0.175. The van der Waals surface area contributed by atoms with Crippen molar-refractivity contribution in [2.75, 3.05) is 0 Å². The van der Waals surface area contributed by atoms with Crippen molar-refractivity contribution in [3.8, 4) is 0 Å². The average Bonchev–Trinajstić information content (AvgIpc) is 2.57. The van der Waals surface area contributed by atoms with Gasteiger partial charge in [0.15, 0.2) is 0 Å². The Labute approximate surface area is 104 Å². The van der Waals surface area contributed by atoms with Crippen LogP contribution in [-0.2, 0) is 10.8 Å². The van der Waals surface area contributed by atoms with Gasteiger partial charge in [0.1, 0.15) is 0 Å². The molecule has 2 rings (SSSR count). The van der Waals surface area contributed by atoms with Crippen LogP contribution in [0.25, 0.3) is 10.9 Å². The number of aromatic nitrogens is 1. The Morgan fingerprint density at radius 2 is 1.53 bits per heavy atom. The Kier molecular flexibility index (Phi) is 2.61. The van der Waals surface area contributed by atoms with Crippen molar-refractivity contribution in [3.05, 3.63) is 35.5 Å². The molecule has 0 fully saturated rings. The van der Waals surface area contributed by atoms with Gasteiger partial charge in [-0.05, 0) is 23.1 Å². The molecule has 1 heteroatoms. The van der Waals surface area contributed by atoms with Crippen LogP contribution in [0.15, 0.2) is 24.3 Å². The first kappa shape index (κ1) is 12.2. The van der Waals surface area contributed by atoms with Crippen LogP contribution in [0.3, 0.4) is 0 Å². The van der Waals surface area contributed by atoms with Crippen LogP contribution in [0.5, 0.6) is 0 Å². The number of nitrogens with one attached hydrogen (secondary N) is 1. The fourth-order valence-corrected chi connectivity index (χ4v) is 2.21. The van der Waals surface area contributed by atoms with E-state index in [1.807, 2.05) is 0 Å². The lowest BCUT2D eigenvalue weighted by Crippen LogP contribution is -2.11. The van der Waals surface area contributed by atoms with E-state index in [0.717, 1.165) is 0 Å². The van der Waals surface area contributed by atoms with E-state index in [1.165, 1.54) is 22.2 Å². The highest BCUT2D eigenvalue weighted by molar-refractivity contribution is 5.85. The monoisotopic (exact) mass is 229 g/mol. The lowest BCUT2D eigenvalue weighted by Gasteiger charge is -2.20. The summed E-state index contributed by atoms with van der Waals surface area (Å²) in [6.45, 7) is 13.5. The van der Waals surface area contributed by atoms with Crippen LogP contribution in [0.1, 0.15) is 52.8 Å². The van der Waals surface area contributed by atoms with E-state index >= 15 is 0 Å². The third-order valence-corrected chi connectivity index (χ3v) is 3.28. The summed E-state index contributed by atoms with van der Waals surface area (Å²) < 4.78 is 0. The van der Waals surface area contributed by atoms with Crippen LogP contribution >= 0.6 is 0 Å². The van der Waals surface area contributed by atoms with Crippen LogP contribution in [0.4, 0.5) is 0 Å². The van der Waals surface area contributed by atoms with Gasteiger partial charge in [-0.2, -0.15) is 0 Å². The van der Waals surface area contributed by atoms with Gasteiger partial charge < -0.3 is 4.98 Å². The van der Waals surface area contributed by atoms with E-state index in [0.29, 0.717) is 0 Å². The molecular weight excluding hydrogens is 206 g/mol. The Balaban J connectivity index is 2.70. The predicted molar refractivity (Wildman–Crippen MR) is 75.7 cm³/mol. The third kappa shape index (κ3) is 2.24. The average molecular weight is 229 g/mol. The Morgan fingerprint density at radius 1 is 0.882 bits per heavy atom. The molecule has 0 atom stereocenters. The molecule has 0 amide bonds. The first-order valence-electron chi connectivity index (χ1n) is 6.32. The number of hydrogen-bond acceptors (Lipinski definition) is 0. The zero-order valence-electron chi connectivity index (χ0n) is 11.8. The van der Waals surface area contributed by atoms with Crippen LogP contribution in [0.2, 0.25) is 0 Å². The molecule has 0 aliphatic carbocycles. The SMILES string of the molecule is CC(C)(C)c1cc2c(C(C)(C)C)cccc2[nH]1. The number of benzene rings is 1. The van der Waals surface area contributed by atoms with Crippen molar-refractivity contribution in [2.24, 2.45) is 0 Å². The molecule has 17 heavy (non-hydrogen) atoms. The molecule has 0 unspecified atom stereocenters. The van der Waals surface area contributed by atoms with Gasteiger partial charge in [0, 0.05) is 22.0 Å². The zero-order valence-corrected chi connectivity index (χ0v) is 11.8. The summed E-state index contributed by atoms with van der Waals surface area (Å²) in [6, 6.07) is 8.87. The van der Waals surface area contributed by atoms with Crippen LogP contribution in [-0.4, -0.2) is 4.98 Å². The molecule has 1 nitrogen and oxygen atoms in total. The maximum Gasteiger partial charge on any atom is 0.0459 e. The number of rotatable bonds is 0. The van der Waals surface area contributed by atoms with E-state index in [9.17, 15) is 0 Å². The van der Waals surface area contributed by atoms with Gasteiger partial charge in [0.25, 0.3) is 0 Å². The molecule has 1 aromatic heterocycles. The van der Waals surface area contributed by atoms with E-state index in [4.69, 9.17) is 0 Å². The maximum absolute atomic E-state index is 3.55. The maximum atomic E-state index is 3.55. The van der Waals surface area contributed by atoms with Gasteiger partial charge in [0.05, 0.1) is 0 Å². The van der Waals surface area contributed by atoms with Crippen molar-refractivity contribution >= 4 is 10.9 Å². The number of aromatic amines is 1. The van der Waals surface area contributed by atoms with Crippen molar-refractivity contribution < 1.29 is 0 Å². The number of H-pyrrole nitrogens is 1. The standard InChI is InChI=1S/C16H23N/c1-15(2,3)12-8-7-9-13-11(12)10-14(17-13)16(4,5)6/h7-10,17H,1-6H3. The van der Waals surface area contributed by atoms with Crippen LogP contribution in [0, 0.1) is 0 Å². The molecule has 1 heterocycles. The van der Waals surface area contributed by atoms with Gasteiger partial charge in [-0.15, -0.1) is 0 Å². The first-order chi connectivity index (χ1) is 7.69. The predicted octanol–water partition coefficient (Wildman–Crippen LogP) is 4.76. The van der Waals surface area contributed by atoms with Gasteiger partial charge in [-0.25, -0.2) is 0 Å². The van der Waals surface area contributed by atoms with E-state index in [2.05, 4.69) is 70.8 Å². The highest BCUT2D eigenvalue weighted by Crippen LogP contribution is 2.33. The molecule has 0 radical (unpaired) electrons. The molecule has 0 bridgehead atoms. The van der Waals surface area contributed by atoms with E-state index in [-0.39, 0.29) is 10.8 Å². The first-order valence-corrected chi connectivity index (χ1v) is 6.32. The molecule has 92 valence electrons.